The van der Waals surface area contributed by atoms with Gasteiger partial charge in [0.25, 0.3) is 0 Å². The van der Waals surface area contributed by atoms with Gasteiger partial charge in [0.15, 0.2) is 0 Å². The second-order valence-corrected chi connectivity index (χ2v) is 8.90. The molecule has 0 unspecified atom stereocenters. The summed E-state index contributed by atoms with van der Waals surface area (Å²) >= 11 is 1.79. The van der Waals surface area contributed by atoms with E-state index in [9.17, 15) is 0 Å². The highest BCUT2D eigenvalue weighted by molar-refractivity contribution is 7.15. The highest BCUT2D eigenvalue weighted by Gasteiger charge is 2.16. The van der Waals surface area contributed by atoms with E-state index in [4.69, 9.17) is 0 Å². The van der Waals surface area contributed by atoms with Crippen LogP contribution in [0.3, 0.4) is 0 Å². The molecular formula is C23H20N6S. The smallest absolute Gasteiger partial charge is 0.116 e. The van der Waals surface area contributed by atoms with Crippen LogP contribution in [0.25, 0.3) is 49.2 Å². The van der Waals surface area contributed by atoms with Gasteiger partial charge in [-0.15, -0.1) is 11.3 Å². The van der Waals surface area contributed by atoms with Crippen molar-refractivity contribution in [2.24, 2.45) is 0 Å². The van der Waals surface area contributed by atoms with Gasteiger partial charge in [-0.3, -0.25) is 15.1 Å². The highest BCUT2D eigenvalue weighted by atomic mass is 32.1. The van der Waals surface area contributed by atoms with Crippen LogP contribution in [0, 0.1) is 6.92 Å². The fourth-order valence-corrected chi connectivity index (χ4v) is 5.00. The predicted molar refractivity (Wildman–Crippen MR) is 122 cm³/mol. The molecule has 0 bridgehead atoms. The van der Waals surface area contributed by atoms with Crippen LogP contribution in [0.5, 0.6) is 0 Å². The second kappa shape index (κ2) is 6.90. The number of thiophene rings is 1. The summed E-state index contributed by atoms with van der Waals surface area (Å²) in [6.07, 6.45) is 8.92. The van der Waals surface area contributed by atoms with E-state index in [1.54, 1.807) is 11.3 Å². The number of H-pyrrole nitrogens is 2. The average Bonchev–Trinajstić information content (AvgIpc) is 3.51. The van der Waals surface area contributed by atoms with Gasteiger partial charge >= 0.3 is 0 Å². The standard InChI is InChI=1S/C23H20N6S/c1-13-2-3-22(30-13)17-10-25-11-20-15(17)8-19(27-20)23-16-9-18(14-4-6-24-7-5-14)26-12-21(16)28-29-23/h2-4,8-12,24,27H,5-7H2,1H3,(H,28,29). The molecule has 0 saturated heterocycles. The molecular weight excluding hydrogens is 392 g/mol. The predicted octanol–water partition coefficient (Wildman–Crippen LogP) is 4.91. The summed E-state index contributed by atoms with van der Waals surface area (Å²) in [5.41, 5.74) is 7.31. The Morgan fingerprint density at radius 1 is 1.03 bits per heavy atom. The maximum Gasteiger partial charge on any atom is 0.116 e. The van der Waals surface area contributed by atoms with E-state index in [0.717, 1.165) is 64.0 Å². The molecule has 7 heteroatoms. The van der Waals surface area contributed by atoms with Crippen molar-refractivity contribution in [1.82, 2.24) is 30.5 Å². The Morgan fingerprint density at radius 2 is 2.00 bits per heavy atom. The van der Waals surface area contributed by atoms with Crippen molar-refractivity contribution in [2.45, 2.75) is 13.3 Å². The highest BCUT2D eigenvalue weighted by Crippen LogP contribution is 2.36. The maximum absolute atomic E-state index is 4.65. The number of pyridine rings is 2. The minimum absolute atomic E-state index is 0.896. The van der Waals surface area contributed by atoms with Gasteiger partial charge in [0.05, 0.1) is 34.8 Å². The third-order valence-corrected chi connectivity index (χ3v) is 6.68. The largest absolute Gasteiger partial charge is 0.352 e. The molecule has 0 amide bonds. The summed E-state index contributed by atoms with van der Waals surface area (Å²) in [4.78, 5) is 15.1. The van der Waals surface area contributed by atoms with Gasteiger partial charge in [0, 0.05) is 38.8 Å². The molecule has 0 fully saturated rings. The summed E-state index contributed by atoms with van der Waals surface area (Å²) in [5, 5.41) is 13.3. The number of nitrogens with zero attached hydrogens (tertiary/aromatic N) is 3. The molecule has 6 rings (SSSR count). The van der Waals surface area contributed by atoms with Crippen molar-refractivity contribution in [2.75, 3.05) is 13.1 Å². The fourth-order valence-electron chi connectivity index (χ4n) is 4.11. The van der Waals surface area contributed by atoms with Crippen LogP contribution >= 0.6 is 11.3 Å². The molecule has 0 saturated carbocycles. The minimum atomic E-state index is 0.896. The topological polar surface area (TPSA) is 82.3 Å². The van der Waals surface area contributed by atoms with E-state index in [2.05, 4.69) is 67.7 Å². The Morgan fingerprint density at radius 3 is 2.83 bits per heavy atom. The first-order chi connectivity index (χ1) is 14.8. The molecule has 0 aliphatic carbocycles. The van der Waals surface area contributed by atoms with Gasteiger partial charge in [0.2, 0.25) is 0 Å². The van der Waals surface area contributed by atoms with E-state index in [0.29, 0.717) is 0 Å². The molecule has 148 valence electrons. The van der Waals surface area contributed by atoms with Crippen molar-refractivity contribution in [3.63, 3.8) is 0 Å². The number of aromatic amines is 2. The Hall–Kier alpha value is -3.29. The first-order valence-corrected chi connectivity index (χ1v) is 10.9. The SMILES string of the molecule is Cc1ccc(-c2cncc3[nH]c(-c4n[nH]c5cnc(C6=CCNCC6)cc45)cc23)s1. The number of hydrogen-bond acceptors (Lipinski definition) is 5. The zero-order valence-electron chi connectivity index (χ0n) is 16.5. The zero-order valence-corrected chi connectivity index (χ0v) is 17.3. The molecule has 30 heavy (non-hydrogen) atoms. The molecule has 6 heterocycles. The molecule has 0 aromatic carbocycles. The van der Waals surface area contributed by atoms with E-state index in [-0.39, 0.29) is 0 Å². The third kappa shape index (κ3) is 2.86. The van der Waals surface area contributed by atoms with Crippen LogP contribution in [0.15, 0.2) is 48.9 Å². The van der Waals surface area contributed by atoms with Crippen molar-refractivity contribution in [3.8, 4) is 21.8 Å². The number of aryl methyl sites for hydroxylation is 1. The van der Waals surface area contributed by atoms with Gasteiger partial charge in [-0.1, -0.05) is 6.08 Å². The van der Waals surface area contributed by atoms with E-state index >= 15 is 0 Å². The van der Waals surface area contributed by atoms with Gasteiger partial charge < -0.3 is 10.3 Å². The average molecular weight is 413 g/mol. The molecule has 1 aliphatic heterocycles. The van der Waals surface area contributed by atoms with E-state index in [1.165, 1.54) is 15.3 Å². The van der Waals surface area contributed by atoms with Crippen molar-refractivity contribution < 1.29 is 0 Å². The van der Waals surface area contributed by atoms with Crippen molar-refractivity contribution in [1.29, 1.82) is 0 Å². The summed E-state index contributed by atoms with van der Waals surface area (Å²) in [7, 11) is 0. The lowest BCUT2D eigenvalue weighted by molar-refractivity contribution is 0.737. The number of nitrogens with one attached hydrogen (secondary N) is 3. The summed E-state index contributed by atoms with van der Waals surface area (Å²) in [5.74, 6) is 0. The van der Waals surface area contributed by atoms with E-state index in [1.807, 2.05) is 18.6 Å². The Bertz CT molecular complexity index is 1420. The Labute approximate surface area is 177 Å². The molecule has 0 radical (unpaired) electrons. The lowest BCUT2D eigenvalue weighted by Crippen LogP contribution is -2.20. The van der Waals surface area contributed by atoms with Crippen LogP contribution in [0.2, 0.25) is 0 Å². The van der Waals surface area contributed by atoms with Gasteiger partial charge in [0.1, 0.15) is 5.69 Å². The van der Waals surface area contributed by atoms with Gasteiger partial charge in [-0.25, -0.2) is 0 Å². The number of hydrogen-bond donors (Lipinski definition) is 3. The maximum atomic E-state index is 4.65. The minimum Gasteiger partial charge on any atom is -0.352 e. The van der Waals surface area contributed by atoms with Crippen LogP contribution in [0.1, 0.15) is 17.0 Å². The van der Waals surface area contributed by atoms with Gasteiger partial charge in [-0.2, -0.15) is 5.10 Å². The number of rotatable bonds is 3. The molecule has 1 aliphatic rings. The molecule has 5 aromatic rings. The number of aromatic nitrogens is 5. The molecule has 0 spiro atoms. The molecule has 5 aromatic heterocycles. The second-order valence-electron chi connectivity index (χ2n) is 7.61. The normalized spacial score (nSPS) is 14.5. The molecule has 6 nitrogen and oxygen atoms in total. The van der Waals surface area contributed by atoms with Gasteiger partial charge in [-0.05, 0) is 49.7 Å². The van der Waals surface area contributed by atoms with E-state index < -0.39 is 0 Å². The Kier molecular flexibility index (Phi) is 4.04. The van der Waals surface area contributed by atoms with Crippen LogP contribution in [-0.4, -0.2) is 38.2 Å². The van der Waals surface area contributed by atoms with Crippen LogP contribution in [-0.2, 0) is 0 Å². The Balaban J connectivity index is 1.49. The third-order valence-electron chi connectivity index (χ3n) is 5.65. The molecule has 0 atom stereocenters. The first-order valence-electron chi connectivity index (χ1n) is 10.0. The van der Waals surface area contributed by atoms with Crippen LogP contribution in [0.4, 0.5) is 0 Å². The fraction of sp³-hybridized carbons (Fsp3) is 0.174. The summed E-state index contributed by atoms with van der Waals surface area (Å²) in [6, 6.07) is 8.65. The number of fused-ring (bicyclic) bond motifs is 2. The summed E-state index contributed by atoms with van der Waals surface area (Å²) in [6.45, 7) is 4.01. The quantitative estimate of drug-likeness (QED) is 0.393. The molecule has 3 N–H and O–H groups in total. The van der Waals surface area contributed by atoms with Crippen molar-refractivity contribution in [3.05, 3.63) is 59.5 Å². The zero-order chi connectivity index (χ0) is 20.1. The first kappa shape index (κ1) is 17.6. The lowest BCUT2D eigenvalue weighted by atomic mass is 10.0. The van der Waals surface area contributed by atoms with Crippen molar-refractivity contribution >= 4 is 38.7 Å². The summed E-state index contributed by atoms with van der Waals surface area (Å²) < 4.78 is 0. The lowest BCUT2D eigenvalue weighted by Gasteiger charge is -2.13. The van der Waals surface area contributed by atoms with Crippen LogP contribution < -0.4 is 5.32 Å². The monoisotopic (exact) mass is 412 g/mol.